The second-order valence-corrected chi connectivity index (χ2v) is 4.88. The van der Waals surface area contributed by atoms with Crippen LogP contribution in [-0.2, 0) is 4.74 Å². The molecule has 1 heterocycles. The van der Waals surface area contributed by atoms with E-state index in [9.17, 15) is 4.79 Å². The Morgan fingerprint density at radius 2 is 2.06 bits per heavy atom. The number of methoxy groups -OCH3 is 1. The monoisotopic (exact) mass is 358 g/mol. The van der Waals surface area contributed by atoms with E-state index in [1.165, 1.54) is 7.11 Å². The molecule has 0 saturated heterocycles. The summed E-state index contributed by atoms with van der Waals surface area (Å²) >= 11 is 6.79. The summed E-state index contributed by atoms with van der Waals surface area (Å²) < 4.78 is 6.14. The largest absolute Gasteiger partial charge is 0.464 e. The van der Waals surface area contributed by atoms with Crippen molar-refractivity contribution in [1.82, 2.24) is 10.2 Å². The van der Waals surface area contributed by atoms with Crippen LogP contribution in [-0.4, -0.2) is 23.3 Å². The Kier molecular flexibility index (Phi) is 3.63. The van der Waals surface area contributed by atoms with Gasteiger partial charge in [0.2, 0.25) is 0 Å². The molecule has 2 aromatic rings. The van der Waals surface area contributed by atoms with Crippen LogP contribution in [0.2, 0.25) is 0 Å². The second kappa shape index (κ2) is 5.01. The summed E-state index contributed by atoms with van der Waals surface area (Å²) in [5.41, 5.74) is 1.86. The van der Waals surface area contributed by atoms with Gasteiger partial charge in [-0.25, -0.2) is 4.79 Å². The number of halogens is 2. The minimum atomic E-state index is -0.456. The third-order valence-electron chi connectivity index (χ3n) is 2.23. The lowest BCUT2D eigenvalue weighted by atomic mass is 10.1. The molecular weight excluding hydrogens is 352 g/mol. The molecule has 0 aliphatic rings. The molecule has 4 nitrogen and oxygen atoms in total. The minimum Gasteiger partial charge on any atom is -0.464 e. The average Bonchev–Trinajstić information content (AvgIpc) is 2.71. The van der Waals surface area contributed by atoms with Gasteiger partial charge in [0.05, 0.1) is 11.6 Å². The minimum absolute atomic E-state index is 0.304. The first-order valence-corrected chi connectivity index (χ1v) is 6.31. The van der Waals surface area contributed by atoms with Crippen LogP contribution >= 0.6 is 31.9 Å². The number of rotatable bonds is 2. The summed E-state index contributed by atoms with van der Waals surface area (Å²) in [5.74, 6) is -0.456. The van der Waals surface area contributed by atoms with Crippen LogP contribution in [0.3, 0.4) is 0 Å². The molecule has 0 bridgehead atoms. The van der Waals surface area contributed by atoms with E-state index >= 15 is 0 Å². The van der Waals surface area contributed by atoms with Crippen molar-refractivity contribution in [2.45, 2.75) is 0 Å². The number of hydrogen-bond donors (Lipinski definition) is 1. The number of ether oxygens (including phenoxy) is 1. The highest BCUT2D eigenvalue weighted by Crippen LogP contribution is 2.33. The molecular formula is C11H8Br2N2O2. The highest BCUT2D eigenvalue weighted by Gasteiger charge is 2.19. The number of aromatic amines is 1. The molecule has 1 aromatic carbocycles. The molecule has 0 aliphatic carbocycles. The van der Waals surface area contributed by atoms with Gasteiger partial charge < -0.3 is 4.74 Å². The van der Waals surface area contributed by atoms with Crippen LogP contribution in [0.15, 0.2) is 33.2 Å². The van der Waals surface area contributed by atoms with Gasteiger partial charge >= 0.3 is 5.97 Å². The molecule has 0 atom stereocenters. The van der Waals surface area contributed by atoms with Gasteiger partial charge in [-0.15, -0.1) is 0 Å². The smallest absolute Gasteiger partial charge is 0.357 e. The summed E-state index contributed by atoms with van der Waals surface area (Å²) in [6.45, 7) is 0. The second-order valence-electron chi connectivity index (χ2n) is 3.23. The molecule has 17 heavy (non-hydrogen) atoms. The molecule has 0 saturated carbocycles. The van der Waals surface area contributed by atoms with Crippen molar-refractivity contribution in [3.05, 3.63) is 38.9 Å². The molecule has 0 aliphatic heterocycles. The Balaban J connectivity index is 2.52. The number of nitrogens with zero attached hydrogens (tertiary/aromatic N) is 1. The number of benzene rings is 1. The van der Waals surface area contributed by atoms with E-state index in [0.717, 1.165) is 10.0 Å². The number of H-pyrrole nitrogens is 1. The molecule has 0 spiro atoms. The Morgan fingerprint density at radius 3 is 2.71 bits per heavy atom. The van der Waals surface area contributed by atoms with Crippen molar-refractivity contribution in [1.29, 1.82) is 0 Å². The zero-order valence-electron chi connectivity index (χ0n) is 8.83. The zero-order chi connectivity index (χ0) is 12.4. The van der Waals surface area contributed by atoms with E-state index in [1.54, 1.807) is 0 Å². The van der Waals surface area contributed by atoms with Crippen molar-refractivity contribution >= 4 is 37.8 Å². The maximum atomic E-state index is 11.4. The van der Waals surface area contributed by atoms with Crippen LogP contribution < -0.4 is 0 Å². The summed E-state index contributed by atoms with van der Waals surface area (Å²) in [5, 5.41) is 6.77. The Hall–Kier alpha value is -1.14. The number of nitrogens with one attached hydrogen (secondary N) is 1. The Labute approximate surface area is 115 Å². The van der Waals surface area contributed by atoms with Crippen LogP contribution in [0.5, 0.6) is 0 Å². The van der Waals surface area contributed by atoms with Gasteiger partial charge in [0.15, 0.2) is 5.69 Å². The maximum absolute atomic E-state index is 11.4. The Bertz CT molecular complexity index is 566. The predicted molar refractivity (Wildman–Crippen MR) is 70.8 cm³/mol. The molecule has 0 radical (unpaired) electrons. The number of esters is 1. The predicted octanol–water partition coefficient (Wildman–Crippen LogP) is 3.39. The Morgan fingerprint density at radius 1 is 1.35 bits per heavy atom. The summed E-state index contributed by atoms with van der Waals surface area (Å²) in [7, 11) is 1.33. The van der Waals surface area contributed by atoms with E-state index in [2.05, 4.69) is 46.8 Å². The fourth-order valence-electron chi connectivity index (χ4n) is 1.40. The third-order valence-corrected chi connectivity index (χ3v) is 3.69. The lowest BCUT2D eigenvalue weighted by Crippen LogP contribution is -2.02. The summed E-state index contributed by atoms with van der Waals surface area (Å²) in [6, 6.07) is 7.63. The average molecular weight is 360 g/mol. The third kappa shape index (κ3) is 2.28. The highest BCUT2D eigenvalue weighted by atomic mass is 79.9. The number of carbonyl (C=O) groups excluding carboxylic acids is 1. The van der Waals surface area contributed by atoms with E-state index < -0.39 is 5.97 Å². The van der Waals surface area contributed by atoms with Crippen LogP contribution in [0, 0.1) is 0 Å². The molecule has 0 fully saturated rings. The maximum Gasteiger partial charge on any atom is 0.357 e. The standard InChI is InChI=1S/C11H8Br2N2O2/c1-17-11(16)10-8(13)9(14-15-10)6-4-2-3-5-7(6)12/h2-5H,1H3,(H,14,15). The molecule has 2 rings (SSSR count). The molecule has 0 unspecified atom stereocenters. The fourth-order valence-corrected chi connectivity index (χ4v) is 2.42. The van der Waals surface area contributed by atoms with E-state index in [-0.39, 0.29) is 0 Å². The normalized spacial score (nSPS) is 10.3. The van der Waals surface area contributed by atoms with Gasteiger partial charge in [-0.2, -0.15) is 5.10 Å². The molecule has 0 amide bonds. The van der Waals surface area contributed by atoms with Gasteiger partial charge in [0, 0.05) is 10.0 Å². The lowest BCUT2D eigenvalue weighted by Gasteiger charge is -2.01. The van der Waals surface area contributed by atoms with Gasteiger partial charge in [-0.1, -0.05) is 34.1 Å². The molecule has 1 N–H and O–H groups in total. The SMILES string of the molecule is COC(=O)c1[nH]nc(-c2ccccc2Br)c1Br. The van der Waals surface area contributed by atoms with Gasteiger partial charge in [-0.3, -0.25) is 5.10 Å². The molecule has 88 valence electrons. The summed E-state index contributed by atoms with van der Waals surface area (Å²) in [6.07, 6.45) is 0. The highest BCUT2D eigenvalue weighted by molar-refractivity contribution is 9.11. The fraction of sp³-hybridized carbons (Fsp3) is 0.0909. The van der Waals surface area contributed by atoms with Crippen LogP contribution in [0.25, 0.3) is 11.3 Å². The van der Waals surface area contributed by atoms with Crippen molar-refractivity contribution in [3.8, 4) is 11.3 Å². The van der Waals surface area contributed by atoms with E-state index in [4.69, 9.17) is 0 Å². The van der Waals surface area contributed by atoms with Gasteiger partial charge in [0.25, 0.3) is 0 Å². The van der Waals surface area contributed by atoms with Crippen molar-refractivity contribution in [3.63, 3.8) is 0 Å². The molecule has 1 aromatic heterocycles. The quantitative estimate of drug-likeness (QED) is 0.836. The molecule has 6 heteroatoms. The van der Waals surface area contributed by atoms with Crippen molar-refractivity contribution < 1.29 is 9.53 Å². The van der Waals surface area contributed by atoms with Crippen molar-refractivity contribution in [2.75, 3.05) is 7.11 Å². The lowest BCUT2D eigenvalue weighted by molar-refractivity contribution is 0.0593. The van der Waals surface area contributed by atoms with Crippen molar-refractivity contribution in [2.24, 2.45) is 0 Å². The first-order chi connectivity index (χ1) is 8.15. The first-order valence-electron chi connectivity index (χ1n) is 4.72. The van der Waals surface area contributed by atoms with Crippen LogP contribution in [0.1, 0.15) is 10.5 Å². The topological polar surface area (TPSA) is 55.0 Å². The number of carbonyl (C=O) groups is 1. The van der Waals surface area contributed by atoms with Crippen LogP contribution in [0.4, 0.5) is 0 Å². The van der Waals surface area contributed by atoms with Gasteiger partial charge in [-0.05, 0) is 22.0 Å². The van der Waals surface area contributed by atoms with Gasteiger partial charge in [0.1, 0.15) is 5.69 Å². The number of aromatic nitrogens is 2. The first kappa shape index (κ1) is 12.3. The zero-order valence-corrected chi connectivity index (χ0v) is 12.0. The summed E-state index contributed by atoms with van der Waals surface area (Å²) in [4.78, 5) is 11.4. The van der Waals surface area contributed by atoms with E-state index in [1.807, 2.05) is 24.3 Å². The van der Waals surface area contributed by atoms with E-state index in [0.29, 0.717) is 15.9 Å². The number of hydrogen-bond acceptors (Lipinski definition) is 3.